The van der Waals surface area contributed by atoms with E-state index in [0.29, 0.717) is 0 Å². The number of carbonyl (C=O) groups excluding carboxylic acids is 2. The van der Waals surface area contributed by atoms with Crippen LogP contribution in [-0.2, 0) is 4.79 Å². The summed E-state index contributed by atoms with van der Waals surface area (Å²) < 4.78 is 27.4. The van der Waals surface area contributed by atoms with E-state index in [4.69, 9.17) is 5.73 Å². The van der Waals surface area contributed by atoms with Crippen LogP contribution in [0.4, 0.5) is 8.78 Å². The first-order chi connectivity index (χ1) is 12.5. The Morgan fingerprint density at radius 3 is 2.42 bits per heavy atom. The maximum atomic E-state index is 13.7. The molecular formula is C17H20F2N5O2+. The van der Waals surface area contributed by atoms with E-state index in [1.54, 1.807) is 0 Å². The molecule has 3 rings (SSSR count). The van der Waals surface area contributed by atoms with Crippen molar-refractivity contribution in [2.24, 2.45) is 10.8 Å². The van der Waals surface area contributed by atoms with E-state index in [2.05, 4.69) is 15.7 Å². The summed E-state index contributed by atoms with van der Waals surface area (Å²) in [5.74, 6) is -3.39. The third kappa shape index (κ3) is 3.94. The second-order valence-electron chi connectivity index (χ2n) is 6.34. The predicted octanol–water partition coefficient (Wildman–Crippen LogP) is -0.145. The maximum Gasteiger partial charge on any atom is 0.278 e. The SMILES string of the molecule is NC1CCC(NC(=O)C2=N[NH2+]C=C2NC(=O)c2c(F)cccc2F)CC1. The van der Waals surface area contributed by atoms with E-state index in [9.17, 15) is 18.4 Å². The minimum atomic E-state index is -0.980. The van der Waals surface area contributed by atoms with Gasteiger partial charge in [0.05, 0.1) is 0 Å². The Kier molecular flexibility index (Phi) is 5.38. The lowest BCUT2D eigenvalue weighted by molar-refractivity contribution is -0.590. The highest BCUT2D eigenvalue weighted by atomic mass is 19.1. The quantitative estimate of drug-likeness (QED) is 0.558. The summed E-state index contributed by atoms with van der Waals surface area (Å²) in [5, 5.41) is 9.16. The van der Waals surface area contributed by atoms with Gasteiger partial charge in [-0.05, 0) is 37.8 Å². The number of nitrogens with zero attached hydrogens (tertiary/aromatic N) is 1. The van der Waals surface area contributed by atoms with Crippen LogP contribution in [0.3, 0.4) is 0 Å². The van der Waals surface area contributed by atoms with Crippen molar-refractivity contribution in [1.82, 2.24) is 10.6 Å². The lowest BCUT2D eigenvalue weighted by Gasteiger charge is -2.26. The van der Waals surface area contributed by atoms with Crippen LogP contribution in [0.15, 0.2) is 35.2 Å². The molecule has 1 saturated carbocycles. The van der Waals surface area contributed by atoms with Crippen LogP contribution in [0.25, 0.3) is 0 Å². The highest BCUT2D eigenvalue weighted by molar-refractivity contribution is 6.45. The molecule has 0 atom stereocenters. The van der Waals surface area contributed by atoms with Gasteiger partial charge in [-0.3, -0.25) is 9.59 Å². The summed E-state index contributed by atoms with van der Waals surface area (Å²) in [6, 6.07) is 3.29. The smallest absolute Gasteiger partial charge is 0.278 e. The minimum absolute atomic E-state index is 0.00460. The van der Waals surface area contributed by atoms with Gasteiger partial charge in [-0.2, -0.15) is 5.43 Å². The number of rotatable bonds is 4. The molecule has 1 aromatic rings. The molecule has 2 aliphatic rings. The number of carbonyl (C=O) groups is 2. The zero-order chi connectivity index (χ0) is 18.7. The Morgan fingerprint density at radius 2 is 1.77 bits per heavy atom. The first kappa shape index (κ1) is 18.2. The van der Waals surface area contributed by atoms with Crippen LogP contribution in [-0.4, -0.2) is 29.6 Å². The fraction of sp³-hybridized carbons (Fsp3) is 0.353. The number of halogens is 2. The third-order valence-electron chi connectivity index (χ3n) is 4.46. The molecule has 9 heteroatoms. The van der Waals surface area contributed by atoms with Gasteiger partial charge in [-0.15, -0.1) is 0 Å². The first-order valence-corrected chi connectivity index (χ1v) is 8.39. The fourth-order valence-electron chi connectivity index (χ4n) is 3.03. The van der Waals surface area contributed by atoms with E-state index in [-0.39, 0.29) is 23.5 Å². The fourth-order valence-corrected chi connectivity index (χ4v) is 3.03. The molecule has 6 N–H and O–H groups in total. The van der Waals surface area contributed by atoms with Crippen molar-refractivity contribution in [2.45, 2.75) is 37.8 Å². The van der Waals surface area contributed by atoms with Gasteiger partial charge < -0.3 is 16.4 Å². The lowest BCUT2D eigenvalue weighted by atomic mass is 9.91. The Hall–Kier alpha value is -2.65. The number of hydrogen-bond donors (Lipinski definition) is 4. The maximum absolute atomic E-state index is 13.7. The van der Waals surface area contributed by atoms with Crippen molar-refractivity contribution in [2.75, 3.05) is 0 Å². The summed E-state index contributed by atoms with van der Waals surface area (Å²) in [6.45, 7) is 0. The van der Waals surface area contributed by atoms with Crippen LogP contribution in [0.5, 0.6) is 0 Å². The number of nitrogens with two attached hydrogens (primary N) is 2. The van der Waals surface area contributed by atoms with Gasteiger partial charge in [0.2, 0.25) is 5.71 Å². The van der Waals surface area contributed by atoms with E-state index >= 15 is 0 Å². The molecule has 0 aromatic heterocycles. The third-order valence-corrected chi connectivity index (χ3v) is 4.46. The molecule has 1 fully saturated rings. The standard InChI is InChI=1S/C17H19F2N5O2/c18-11-2-1-3-12(19)14(11)16(25)23-13-8-21-24-15(13)17(26)22-10-6-4-9(20)5-7-10/h1-3,8-10H,4-7,20H2,(H,21,24)(H,22,26)(H,23,25)/p+1. The number of nitrogens with one attached hydrogen (secondary N) is 2. The molecule has 0 bridgehead atoms. The number of benzene rings is 1. The molecule has 2 amide bonds. The monoisotopic (exact) mass is 364 g/mol. The van der Waals surface area contributed by atoms with Crippen LogP contribution < -0.4 is 21.8 Å². The van der Waals surface area contributed by atoms with Crippen LogP contribution >= 0.6 is 0 Å². The lowest BCUT2D eigenvalue weighted by Crippen LogP contribution is -2.69. The average molecular weight is 364 g/mol. The largest absolute Gasteiger partial charge is 0.348 e. The molecule has 1 aromatic carbocycles. The van der Waals surface area contributed by atoms with Crippen molar-refractivity contribution in [3.05, 3.63) is 47.3 Å². The highest BCUT2D eigenvalue weighted by Gasteiger charge is 2.30. The highest BCUT2D eigenvalue weighted by Crippen LogP contribution is 2.17. The molecule has 26 heavy (non-hydrogen) atoms. The number of amides is 2. The Balaban J connectivity index is 1.65. The van der Waals surface area contributed by atoms with Gasteiger partial charge in [0.1, 0.15) is 29.1 Å². The normalized spacial score (nSPS) is 22.4. The van der Waals surface area contributed by atoms with Crippen molar-refractivity contribution in [3.8, 4) is 0 Å². The molecule has 0 spiro atoms. The molecule has 7 nitrogen and oxygen atoms in total. The van der Waals surface area contributed by atoms with Crippen molar-refractivity contribution < 1.29 is 23.8 Å². The predicted molar refractivity (Wildman–Crippen MR) is 89.6 cm³/mol. The van der Waals surface area contributed by atoms with E-state index in [1.807, 2.05) is 0 Å². The second-order valence-corrected chi connectivity index (χ2v) is 6.34. The van der Waals surface area contributed by atoms with Gasteiger partial charge in [-0.1, -0.05) is 11.2 Å². The van der Waals surface area contributed by atoms with E-state index < -0.39 is 29.0 Å². The number of quaternary nitrogens is 1. The summed E-state index contributed by atoms with van der Waals surface area (Å²) in [6.07, 6.45) is 4.61. The minimum Gasteiger partial charge on any atom is -0.348 e. The molecular weight excluding hydrogens is 344 g/mol. The topological polar surface area (TPSA) is 113 Å². The van der Waals surface area contributed by atoms with Crippen LogP contribution in [0.2, 0.25) is 0 Å². The zero-order valence-electron chi connectivity index (χ0n) is 14.0. The van der Waals surface area contributed by atoms with Gasteiger partial charge in [-0.25, -0.2) is 8.78 Å². The first-order valence-electron chi connectivity index (χ1n) is 8.39. The van der Waals surface area contributed by atoms with Crippen molar-refractivity contribution in [3.63, 3.8) is 0 Å². The summed E-state index contributed by atoms with van der Waals surface area (Å²) in [7, 11) is 0. The van der Waals surface area contributed by atoms with Crippen LogP contribution in [0.1, 0.15) is 36.0 Å². The number of hydrogen-bond acceptors (Lipinski definition) is 4. The van der Waals surface area contributed by atoms with Gasteiger partial charge in [0, 0.05) is 12.1 Å². The summed E-state index contributed by atoms with van der Waals surface area (Å²) >= 11 is 0. The van der Waals surface area contributed by atoms with Crippen molar-refractivity contribution >= 4 is 17.5 Å². The van der Waals surface area contributed by atoms with Gasteiger partial charge in [0.25, 0.3) is 11.8 Å². The molecule has 1 heterocycles. The molecule has 1 aliphatic heterocycles. The van der Waals surface area contributed by atoms with Gasteiger partial charge in [0.15, 0.2) is 0 Å². The van der Waals surface area contributed by atoms with E-state index in [0.717, 1.165) is 37.8 Å². The summed E-state index contributed by atoms with van der Waals surface area (Å²) in [4.78, 5) is 24.6. The molecule has 0 unspecified atom stereocenters. The molecule has 0 radical (unpaired) electrons. The molecule has 1 aliphatic carbocycles. The van der Waals surface area contributed by atoms with Crippen molar-refractivity contribution in [1.29, 1.82) is 0 Å². The Labute approximate surface area is 148 Å². The van der Waals surface area contributed by atoms with Crippen LogP contribution in [0, 0.1) is 11.6 Å². The second kappa shape index (κ2) is 7.71. The summed E-state index contributed by atoms with van der Waals surface area (Å²) in [5.41, 5.74) is 6.59. The molecule has 138 valence electrons. The van der Waals surface area contributed by atoms with Gasteiger partial charge >= 0.3 is 0 Å². The average Bonchev–Trinajstić information content (AvgIpc) is 3.05. The van der Waals surface area contributed by atoms with E-state index in [1.165, 1.54) is 17.7 Å². The molecule has 0 saturated heterocycles. The Morgan fingerprint density at radius 1 is 1.12 bits per heavy atom. The Bertz CT molecular complexity index is 765. The zero-order valence-corrected chi connectivity index (χ0v) is 14.0.